The molecule has 100 valence electrons. The van der Waals surface area contributed by atoms with Crippen LogP contribution < -0.4 is 10.6 Å². The van der Waals surface area contributed by atoms with E-state index in [9.17, 15) is 4.79 Å². The van der Waals surface area contributed by atoms with Gasteiger partial charge in [-0.25, -0.2) is 0 Å². The van der Waals surface area contributed by atoms with Crippen molar-refractivity contribution in [2.24, 2.45) is 0 Å². The van der Waals surface area contributed by atoms with Crippen LogP contribution in [0.5, 0.6) is 0 Å². The van der Waals surface area contributed by atoms with Gasteiger partial charge in [-0.3, -0.25) is 4.79 Å². The number of nitrogens with one attached hydrogen (secondary N) is 2. The Kier molecular flexibility index (Phi) is 6.39. The van der Waals surface area contributed by atoms with E-state index in [-0.39, 0.29) is 5.91 Å². The van der Waals surface area contributed by atoms with Crippen LogP contribution in [0, 0.1) is 0 Å². The molecule has 1 aromatic rings. The summed E-state index contributed by atoms with van der Waals surface area (Å²) in [5, 5.41) is 5.71. The molecule has 1 rings (SSSR count). The van der Waals surface area contributed by atoms with Crippen molar-refractivity contribution in [2.75, 3.05) is 27.2 Å². The number of amides is 1. The molecule has 0 aliphatic carbocycles. The summed E-state index contributed by atoms with van der Waals surface area (Å²) in [4.78, 5) is 13.6. The fourth-order valence-corrected chi connectivity index (χ4v) is 1.69. The molecule has 4 nitrogen and oxygen atoms in total. The molecule has 18 heavy (non-hydrogen) atoms. The summed E-state index contributed by atoms with van der Waals surface area (Å²) in [7, 11) is 3.86. The minimum absolute atomic E-state index is 0.0218. The highest BCUT2D eigenvalue weighted by Gasteiger charge is 2.01. The number of benzene rings is 1. The van der Waals surface area contributed by atoms with Crippen LogP contribution in [-0.4, -0.2) is 38.0 Å². The third-order valence-electron chi connectivity index (χ3n) is 2.81. The molecule has 1 amide bonds. The third-order valence-corrected chi connectivity index (χ3v) is 2.81. The van der Waals surface area contributed by atoms with Crippen LogP contribution in [0.25, 0.3) is 0 Å². The van der Waals surface area contributed by atoms with Crippen molar-refractivity contribution in [3.8, 4) is 0 Å². The smallest absolute Gasteiger partial charge is 0.234 e. The predicted molar refractivity (Wildman–Crippen MR) is 74.2 cm³/mol. The molecule has 0 aromatic heterocycles. The van der Waals surface area contributed by atoms with Gasteiger partial charge in [0.15, 0.2) is 0 Å². The van der Waals surface area contributed by atoms with Gasteiger partial charge in [0.25, 0.3) is 0 Å². The second kappa shape index (κ2) is 7.84. The number of hydrogen-bond acceptors (Lipinski definition) is 3. The second-order valence-corrected chi connectivity index (χ2v) is 4.46. The summed E-state index contributed by atoms with van der Waals surface area (Å²) in [5.41, 5.74) is 2.42. The van der Waals surface area contributed by atoms with Crippen LogP contribution in [0.4, 0.5) is 0 Å². The zero-order valence-electron chi connectivity index (χ0n) is 11.5. The normalized spacial score (nSPS) is 10.7. The number of nitrogens with zero attached hydrogens (tertiary/aromatic N) is 1. The predicted octanol–water partition coefficient (Wildman–Crippen LogP) is 0.974. The summed E-state index contributed by atoms with van der Waals surface area (Å²) in [6.45, 7) is 5.06. The lowest BCUT2D eigenvalue weighted by Gasteiger charge is -2.14. The van der Waals surface area contributed by atoms with Crippen molar-refractivity contribution >= 4 is 5.91 Å². The summed E-state index contributed by atoms with van der Waals surface area (Å²) >= 11 is 0. The molecular weight excluding hydrogens is 226 g/mol. The fourth-order valence-electron chi connectivity index (χ4n) is 1.69. The highest BCUT2D eigenvalue weighted by atomic mass is 16.1. The van der Waals surface area contributed by atoms with Crippen molar-refractivity contribution in [1.29, 1.82) is 0 Å². The van der Waals surface area contributed by atoms with E-state index >= 15 is 0 Å². The maximum Gasteiger partial charge on any atom is 0.234 e. The monoisotopic (exact) mass is 249 g/mol. The summed E-state index contributed by atoms with van der Waals surface area (Å²) < 4.78 is 0. The summed E-state index contributed by atoms with van der Waals surface area (Å²) in [6, 6.07) is 8.34. The van der Waals surface area contributed by atoms with E-state index in [1.54, 1.807) is 7.05 Å². The van der Waals surface area contributed by atoms with Crippen LogP contribution >= 0.6 is 0 Å². The molecule has 0 saturated carbocycles. The lowest BCUT2D eigenvalue weighted by atomic mass is 10.1. The van der Waals surface area contributed by atoms with Gasteiger partial charge in [0.05, 0.1) is 6.54 Å². The quantitative estimate of drug-likeness (QED) is 0.757. The Bertz CT molecular complexity index is 379. The summed E-state index contributed by atoms with van der Waals surface area (Å²) in [5.74, 6) is 0.0218. The molecule has 0 radical (unpaired) electrons. The first-order valence-electron chi connectivity index (χ1n) is 6.33. The SMILES string of the molecule is CCN(C)Cc1cccc(CNC(=O)CNC)c1. The molecule has 2 N–H and O–H groups in total. The third kappa shape index (κ3) is 5.29. The van der Waals surface area contributed by atoms with Crippen molar-refractivity contribution in [3.63, 3.8) is 0 Å². The average molecular weight is 249 g/mol. The Morgan fingerprint density at radius 1 is 1.33 bits per heavy atom. The largest absolute Gasteiger partial charge is 0.351 e. The van der Waals surface area contributed by atoms with Gasteiger partial charge < -0.3 is 15.5 Å². The first-order valence-corrected chi connectivity index (χ1v) is 6.33. The Labute approximate surface area is 109 Å². The van der Waals surface area contributed by atoms with Crippen LogP contribution in [0.15, 0.2) is 24.3 Å². The molecule has 0 aliphatic heterocycles. The molecule has 0 heterocycles. The van der Waals surface area contributed by atoms with Crippen molar-refractivity contribution in [1.82, 2.24) is 15.5 Å². The Morgan fingerprint density at radius 2 is 2.06 bits per heavy atom. The van der Waals surface area contributed by atoms with E-state index in [4.69, 9.17) is 0 Å². The first-order chi connectivity index (χ1) is 8.65. The van der Waals surface area contributed by atoms with Gasteiger partial charge in [0.2, 0.25) is 5.91 Å². The Morgan fingerprint density at radius 3 is 2.72 bits per heavy atom. The number of hydrogen-bond donors (Lipinski definition) is 2. The van der Waals surface area contributed by atoms with Crippen LogP contribution in [0.2, 0.25) is 0 Å². The first kappa shape index (κ1) is 14.7. The van der Waals surface area contributed by atoms with E-state index in [1.165, 1.54) is 5.56 Å². The van der Waals surface area contributed by atoms with Gasteiger partial charge in [-0.05, 0) is 31.8 Å². The lowest BCUT2D eigenvalue weighted by molar-refractivity contribution is -0.120. The van der Waals surface area contributed by atoms with Crippen LogP contribution in [0.1, 0.15) is 18.1 Å². The van der Waals surface area contributed by atoms with Crippen LogP contribution in [-0.2, 0) is 17.9 Å². The molecule has 0 fully saturated rings. The fraction of sp³-hybridized carbons (Fsp3) is 0.500. The highest BCUT2D eigenvalue weighted by Crippen LogP contribution is 2.07. The van der Waals surface area contributed by atoms with Crippen molar-refractivity contribution in [3.05, 3.63) is 35.4 Å². The average Bonchev–Trinajstić information content (AvgIpc) is 2.37. The van der Waals surface area contributed by atoms with Gasteiger partial charge >= 0.3 is 0 Å². The van der Waals surface area contributed by atoms with E-state index in [1.807, 2.05) is 12.1 Å². The molecule has 1 aromatic carbocycles. The summed E-state index contributed by atoms with van der Waals surface area (Å²) in [6.07, 6.45) is 0. The number of likely N-dealkylation sites (N-methyl/N-ethyl adjacent to an activating group) is 1. The number of carbonyl (C=O) groups excluding carboxylic acids is 1. The zero-order chi connectivity index (χ0) is 13.4. The maximum atomic E-state index is 11.3. The number of carbonyl (C=O) groups is 1. The maximum absolute atomic E-state index is 11.3. The minimum atomic E-state index is 0.0218. The standard InChI is InChI=1S/C14H23N3O/c1-4-17(3)11-13-7-5-6-12(8-13)9-16-14(18)10-15-2/h5-8,15H,4,9-11H2,1-3H3,(H,16,18). The Balaban J connectivity index is 2.51. The number of rotatable bonds is 7. The van der Waals surface area contributed by atoms with Gasteiger partial charge in [-0.1, -0.05) is 31.2 Å². The van der Waals surface area contributed by atoms with Gasteiger partial charge in [0, 0.05) is 13.1 Å². The molecule has 0 spiro atoms. The molecule has 4 heteroatoms. The zero-order valence-corrected chi connectivity index (χ0v) is 11.5. The van der Waals surface area contributed by atoms with Crippen LogP contribution in [0.3, 0.4) is 0 Å². The van der Waals surface area contributed by atoms with Crippen molar-refractivity contribution < 1.29 is 4.79 Å². The van der Waals surface area contributed by atoms with Gasteiger partial charge in [0.1, 0.15) is 0 Å². The minimum Gasteiger partial charge on any atom is -0.351 e. The molecule has 0 saturated heterocycles. The molecule has 0 atom stereocenters. The molecule has 0 aliphatic rings. The highest BCUT2D eigenvalue weighted by molar-refractivity contribution is 5.77. The van der Waals surface area contributed by atoms with E-state index < -0.39 is 0 Å². The van der Waals surface area contributed by atoms with E-state index in [0.29, 0.717) is 13.1 Å². The second-order valence-electron chi connectivity index (χ2n) is 4.46. The van der Waals surface area contributed by atoms with Gasteiger partial charge in [-0.15, -0.1) is 0 Å². The van der Waals surface area contributed by atoms with E-state index in [2.05, 4.69) is 41.6 Å². The van der Waals surface area contributed by atoms with Crippen molar-refractivity contribution in [2.45, 2.75) is 20.0 Å². The lowest BCUT2D eigenvalue weighted by Crippen LogP contribution is -2.31. The molecule has 0 bridgehead atoms. The van der Waals surface area contributed by atoms with Gasteiger partial charge in [-0.2, -0.15) is 0 Å². The van der Waals surface area contributed by atoms with E-state index in [0.717, 1.165) is 18.7 Å². The topological polar surface area (TPSA) is 44.4 Å². The molecular formula is C14H23N3O. The Hall–Kier alpha value is -1.39. The molecule has 0 unspecified atom stereocenters.